The van der Waals surface area contributed by atoms with Crippen LogP contribution in [0.25, 0.3) is 0 Å². The average molecular weight is 625 g/mol. The van der Waals surface area contributed by atoms with E-state index >= 15 is 0 Å². The van der Waals surface area contributed by atoms with Gasteiger partial charge in [0.05, 0.1) is 24.5 Å². The fourth-order valence-electron chi connectivity index (χ4n) is 5.71. The molecule has 2 fully saturated rings. The first kappa shape index (κ1) is 32.7. The molecule has 2 N–H and O–H groups in total. The predicted octanol–water partition coefficient (Wildman–Crippen LogP) is 6.57. The topological polar surface area (TPSA) is 116 Å². The molecule has 0 bridgehead atoms. The molecule has 10 heteroatoms. The SMILES string of the molecule is C[C@@H]1C[C@@H](c2ncc(C#Cc3ccc(C#Cc4cnc([C@@H]5C[C@H](C)CN5C(=O)OC(C)(C)C)[nH]4)cc3)[nH]2)N(C(=O)OC(C)(C)C)C1. The molecule has 2 aliphatic heterocycles. The van der Waals surface area contributed by atoms with Crippen molar-refractivity contribution in [2.24, 2.45) is 11.8 Å². The van der Waals surface area contributed by atoms with Gasteiger partial charge in [0.15, 0.2) is 0 Å². The molecule has 10 nitrogen and oxygen atoms in total. The summed E-state index contributed by atoms with van der Waals surface area (Å²) in [5.74, 6) is 14.8. The first-order valence-electron chi connectivity index (χ1n) is 15.9. The number of H-pyrrole nitrogens is 2. The Morgan fingerprint density at radius 3 is 1.41 bits per heavy atom. The maximum atomic E-state index is 12.8. The van der Waals surface area contributed by atoms with E-state index in [2.05, 4.69) is 57.5 Å². The summed E-state index contributed by atoms with van der Waals surface area (Å²) < 4.78 is 11.2. The van der Waals surface area contributed by atoms with Gasteiger partial charge in [-0.2, -0.15) is 0 Å². The van der Waals surface area contributed by atoms with Gasteiger partial charge >= 0.3 is 12.2 Å². The minimum atomic E-state index is -0.557. The minimum Gasteiger partial charge on any atom is -0.444 e. The number of likely N-dealkylation sites (tertiary alicyclic amines) is 2. The van der Waals surface area contributed by atoms with Gasteiger partial charge in [-0.05, 0) is 102 Å². The van der Waals surface area contributed by atoms with Crippen LogP contribution in [0.4, 0.5) is 9.59 Å². The Kier molecular flexibility index (Phi) is 9.21. The average Bonchev–Trinajstić information content (AvgIpc) is 3.75. The fraction of sp³-hybridized carbons (Fsp3) is 0.500. The largest absolute Gasteiger partial charge is 0.444 e. The van der Waals surface area contributed by atoms with Crippen molar-refractivity contribution in [2.75, 3.05) is 13.1 Å². The highest BCUT2D eigenvalue weighted by molar-refractivity contribution is 5.69. The molecule has 0 saturated carbocycles. The van der Waals surface area contributed by atoms with Gasteiger partial charge in [0.25, 0.3) is 0 Å². The molecule has 5 rings (SSSR count). The third-order valence-electron chi connectivity index (χ3n) is 7.67. The summed E-state index contributed by atoms with van der Waals surface area (Å²) in [6.07, 6.45) is 4.38. The van der Waals surface area contributed by atoms with Gasteiger partial charge in [-0.3, -0.25) is 9.80 Å². The molecule has 2 amide bonds. The van der Waals surface area contributed by atoms with Crippen molar-refractivity contribution >= 4 is 12.2 Å². The lowest BCUT2D eigenvalue weighted by atomic mass is 10.1. The Hall–Kier alpha value is -4.70. The molecule has 0 spiro atoms. The number of amides is 2. The lowest BCUT2D eigenvalue weighted by molar-refractivity contribution is 0.0204. The van der Waals surface area contributed by atoms with E-state index in [4.69, 9.17) is 9.47 Å². The zero-order valence-electron chi connectivity index (χ0n) is 28.0. The first-order valence-corrected chi connectivity index (χ1v) is 15.9. The Labute approximate surface area is 271 Å². The first-order chi connectivity index (χ1) is 21.6. The van der Waals surface area contributed by atoms with Crippen LogP contribution in [-0.4, -0.2) is 66.2 Å². The number of nitrogens with one attached hydrogen (secondary N) is 2. The van der Waals surface area contributed by atoms with Gasteiger partial charge in [-0.25, -0.2) is 19.6 Å². The molecule has 0 radical (unpaired) electrons. The molecule has 4 atom stereocenters. The van der Waals surface area contributed by atoms with Crippen LogP contribution >= 0.6 is 0 Å². The van der Waals surface area contributed by atoms with Crippen LogP contribution in [0.3, 0.4) is 0 Å². The second-order valence-electron chi connectivity index (χ2n) is 14.4. The van der Waals surface area contributed by atoms with Gasteiger partial charge < -0.3 is 19.4 Å². The summed E-state index contributed by atoms with van der Waals surface area (Å²) >= 11 is 0. The number of hydrogen-bond acceptors (Lipinski definition) is 6. The third-order valence-corrected chi connectivity index (χ3v) is 7.67. The number of rotatable bonds is 2. The number of carbonyl (C=O) groups is 2. The minimum absolute atomic E-state index is 0.171. The van der Waals surface area contributed by atoms with Crippen molar-refractivity contribution in [2.45, 2.75) is 91.5 Å². The van der Waals surface area contributed by atoms with Crippen LogP contribution in [-0.2, 0) is 9.47 Å². The van der Waals surface area contributed by atoms with Crippen molar-refractivity contribution in [1.82, 2.24) is 29.7 Å². The number of aromatic amines is 2. The van der Waals surface area contributed by atoms with Crippen LogP contribution < -0.4 is 0 Å². The van der Waals surface area contributed by atoms with E-state index in [9.17, 15) is 9.59 Å². The maximum absolute atomic E-state index is 12.8. The van der Waals surface area contributed by atoms with Crippen LogP contribution in [0, 0.1) is 35.5 Å². The maximum Gasteiger partial charge on any atom is 0.410 e. The molecule has 3 aromatic rings. The van der Waals surface area contributed by atoms with E-state index in [1.807, 2.05) is 65.8 Å². The summed E-state index contributed by atoms with van der Waals surface area (Å²) in [6, 6.07) is 7.36. The number of nitrogens with zero attached hydrogens (tertiary/aromatic N) is 4. The van der Waals surface area contributed by atoms with Crippen molar-refractivity contribution in [3.8, 4) is 23.7 Å². The van der Waals surface area contributed by atoms with Crippen LogP contribution in [0.2, 0.25) is 0 Å². The van der Waals surface area contributed by atoms with Gasteiger partial charge in [-0.1, -0.05) is 25.7 Å². The molecule has 1 aromatic carbocycles. The number of benzene rings is 1. The van der Waals surface area contributed by atoms with Crippen molar-refractivity contribution in [3.63, 3.8) is 0 Å². The van der Waals surface area contributed by atoms with E-state index in [-0.39, 0.29) is 24.3 Å². The monoisotopic (exact) mass is 624 g/mol. The van der Waals surface area contributed by atoms with Gasteiger partial charge in [0, 0.05) is 24.2 Å². The smallest absolute Gasteiger partial charge is 0.410 e. The highest BCUT2D eigenvalue weighted by atomic mass is 16.6. The van der Waals surface area contributed by atoms with Crippen LogP contribution in [0.5, 0.6) is 0 Å². The summed E-state index contributed by atoms with van der Waals surface area (Å²) in [6.45, 7) is 16.7. The number of carbonyl (C=O) groups excluding carboxylic acids is 2. The van der Waals surface area contributed by atoms with Gasteiger partial charge in [-0.15, -0.1) is 0 Å². The molecular formula is C36H44N6O4. The molecule has 2 aliphatic rings. The van der Waals surface area contributed by atoms with E-state index < -0.39 is 11.2 Å². The molecule has 242 valence electrons. The Bertz CT molecular complexity index is 1560. The Morgan fingerprint density at radius 1 is 0.696 bits per heavy atom. The fourth-order valence-corrected chi connectivity index (χ4v) is 5.71. The second-order valence-corrected chi connectivity index (χ2v) is 14.4. The molecule has 46 heavy (non-hydrogen) atoms. The highest BCUT2D eigenvalue weighted by Crippen LogP contribution is 2.36. The van der Waals surface area contributed by atoms with E-state index in [1.165, 1.54) is 0 Å². The van der Waals surface area contributed by atoms with E-state index in [0.29, 0.717) is 48.0 Å². The molecular weight excluding hydrogens is 580 g/mol. The molecule has 0 unspecified atom stereocenters. The quantitative estimate of drug-likeness (QED) is 0.312. The summed E-state index contributed by atoms with van der Waals surface area (Å²) in [7, 11) is 0. The summed E-state index contributed by atoms with van der Waals surface area (Å²) in [5.41, 5.74) is 1.93. The number of ether oxygens (including phenoxy) is 2. The lowest BCUT2D eigenvalue weighted by Gasteiger charge is -2.27. The van der Waals surface area contributed by atoms with E-state index in [1.54, 1.807) is 22.2 Å². The van der Waals surface area contributed by atoms with Crippen molar-refractivity contribution in [3.05, 3.63) is 70.8 Å². The van der Waals surface area contributed by atoms with Crippen molar-refractivity contribution in [1.29, 1.82) is 0 Å². The highest BCUT2D eigenvalue weighted by Gasteiger charge is 2.39. The Balaban J connectivity index is 1.21. The predicted molar refractivity (Wildman–Crippen MR) is 175 cm³/mol. The number of hydrogen-bond donors (Lipinski definition) is 2. The van der Waals surface area contributed by atoms with E-state index in [0.717, 1.165) is 24.0 Å². The van der Waals surface area contributed by atoms with Gasteiger partial charge in [0.1, 0.15) is 34.2 Å². The second kappa shape index (κ2) is 13.0. The third kappa shape index (κ3) is 8.31. The van der Waals surface area contributed by atoms with Gasteiger partial charge in [0.2, 0.25) is 0 Å². The summed E-state index contributed by atoms with van der Waals surface area (Å²) in [4.78, 5) is 44.8. The molecule has 2 aromatic heterocycles. The Morgan fingerprint density at radius 2 is 1.07 bits per heavy atom. The normalized spacial score (nSPS) is 21.3. The molecule has 4 heterocycles. The van der Waals surface area contributed by atoms with Crippen LogP contribution in [0.15, 0.2) is 36.7 Å². The standard InChI is InChI=1S/C36H44N6O4/c1-23-17-29(41(21-23)33(43)45-35(3,4)5)31-37-19-27(39-31)15-13-25-9-11-26(12-10-25)14-16-28-20-38-32(40-28)30-18-24(2)22-42(30)34(44)46-36(6,7)8/h9-12,19-20,23-24,29-30H,17-18,21-22H2,1-8H3,(H,37,39)(H,38,40)/t23-,24+,29-,30-/m0/s1. The number of imidazole rings is 2. The number of aromatic nitrogens is 4. The lowest BCUT2D eigenvalue weighted by Crippen LogP contribution is -2.37. The van der Waals surface area contributed by atoms with Crippen molar-refractivity contribution < 1.29 is 19.1 Å². The zero-order chi connectivity index (χ0) is 33.2. The molecule has 0 aliphatic carbocycles. The molecule has 2 saturated heterocycles. The summed E-state index contributed by atoms with van der Waals surface area (Å²) in [5, 5.41) is 0. The van der Waals surface area contributed by atoms with Crippen LogP contribution in [0.1, 0.15) is 114 Å². The zero-order valence-corrected chi connectivity index (χ0v) is 28.0.